The minimum Gasteiger partial charge on any atom is -0.462 e. The first-order chi connectivity index (χ1) is 40.8. The van der Waals surface area contributed by atoms with Crippen molar-refractivity contribution in [2.24, 2.45) is 5.73 Å². The summed E-state index contributed by atoms with van der Waals surface area (Å²) in [5, 5.41) is 0. The van der Waals surface area contributed by atoms with E-state index in [9.17, 15) is 19.0 Å². The van der Waals surface area contributed by atoms with Crippen LogP contribution in [-0.2, 0) is 32.7 Å². The molecule has 0 fully saturated rings. The van der Waals surface area contributed by atoms with Gasteiger partial charge in [-0.2, -0.15) is 0 Å². The minimum atomic E-state index is -4.42. The Morgan fingerprint density at radius 2 is 0.639 bits per heavy atom. The molecular formula is C73H112NO8P. The number of carbonyl (C=O) groups is 2. The molecule has 0 saturated carbocycles. The monoisotopic (exact) mass is 1160 g/mol. The number of rotatable bonds is 56. The normalized spacial score (nSPS) is 14.4. The summed E-state index contributed by atoms with van der Waals surface area (Å²) in [6.07, 6.45) is 102. The van der Waals surface area contributed by atoms with Crippen LogP contribution in [0.3, 0.4) is 0 Å². The van der Waals surface area contributed by atoms with E-state index in [-0.39, 0.29) is 32.6 Å². The number of carbonyl (C=O) groups excluding carboxylic acids is 2. The van der Waals surface area contributed by atoms with Crippen molar-refractivity contribution in [2.75, 3.05) is 26.4 Å². The number of allylic oxidation sites excluding steroid dienone is 34. The molecule has 0 aromatic carbocycles. The third-order valence-corrected chi connectivity index (χ3v) is 13.1. The van der Waals surface area contributed by atoms with Crippen molar-refractivity contribution >= 4 is 19.8 Å². The van der Waals surface area contributed by atoms with Crippen LogP contribution in [0.1, 0.15) is 206 Å². The summed E-state index contributed by atoms with van der Waals surface area (Å²) in [5.41, 5.74) is 5.38. The van der Waals surface area contributed by atoms with Gasteiger partial charge in [0.25, 0.3) is 0 Å². The Bertz CT molecular complexity index is 2110. The molecule has 9 nitrogen and oxygen atoms in total. The SMILES string of the molecule is CC/C=C\C/C=C\C/C=C\C/C=C\C/C=C\C/C=C\C/C=C\C/C=C\C/C=C\C/C=C\CCCCCCCCCCC(=O)OC(COC(=O)CCC/C=C\C/C=C\C/C=C\C/C=C\C/C=C\C/C=C\C/C=C\CC)COP(=O)(O)OCCN. The quantitative estimate of drug-likeness (QED) is 0.0264. The highest BCUT2D eigenvalue weighted by atomic mass is 31.2. The van der Waals surface area contributed by atoms with Crippen LogP contribution in [0, 0.1) is 0 Å². The van der Waals surface area contributed by atoms with Crippen LogP contribution in [0.2, 0.25) is 0 Å². The molecule has 10 heteroatoms. The second kappa shape index (κ2) is 65.7. The van der Waals surface area contributed by atoms with Gasteiger partial charge in [-0.25, -0.2) is 4.57 Å². The van der Waals surface area contributed by atoms with Gasteiger partial charge in [0.2, 0.25) is 0 Å². The lowest BCUT2D eigenvalue weighted by molar-refractivity contribution is -0.161. The zero-order valence-electron chi connectivity index (χ0n) is 51.6. The van der Waals surface area contributed by atoms with E-state index in [1.807, 2.05) is 6.08 Å². The fraction of sp³-hybridized carbons (Fsp3) is 0.507. The van der Waals surface area contributed by atoms with Crippen molar-refractivity contribution < 1.29 is 37.6 Å². The molecule has 462 valence electrons. The third kappa shape index (κ3) is 65.6. The van der Waals surface area contributed by atoms with Crippen molar-refractivity contribution in [1.82, 2.24) is 0 Å². The molecule has 0 radical (unpaired) electrons. The van der Waals surface area contributed by atoms with E-state index < -0.39 is 32.5 Å². The summed E-state index contributed by atoms with van der Waals surface area (Å²) in [6.45, 7) is 3.40. The number of phosphoric ester groups is 1. The van der Waals surface area contributed by atoms with Gasteiger partial charge in [-0.15, -0.1) is 0 Å². The third-order valence-electron chi connectivity index (χ3n) is 12.2. The van der Waals surface area contributed by atoms with E-state index in [0.29, 0.717) is 19.3 Å². The number of hydrogen-bond donors (Lipinski definition) is 2. The highest BCUT2D eigenvalue weighted by Gasteiger charge is 2.26. The van der Waals surface area contributed by atoms with Crippen molar-refractivity contribution in [3.63, 3.8) is 0 Å². The molecule has 0 aliphatic rings. The fourth-order valence-electron chi connectivity index (χ4n) is 7.59. The van der Waals surface area contributed by atoms with Gasteiger partial charge in [-0.05, 0) is 141 Å². The van der Waals surface area contributed by atoms with Crippen LogP contribution in [0.4, 0.5) is 0 Å². The maximum absolute atomic E-state index is 12.7. The summed E-state index contributed by atoms with van der Waals surface area (Å²) in [7, 11) is -4.42. The molecule has 0 heterocycles. The molecule has 0 bridgehead atoms. The first-order valence-corrected chi connectivity index (χ1v) is 33.1. The lowest BCUT2D eigenvalue weighted by Gasteiger charge is -2.19. The lowest BCUT2D eigenvalue weighted by Crippen LogP contribution is -2.29. The van der Waals surface area contributed by atoms with Crippen LogP contribution >= 0.6 is 7.82 Å². The second-order valence-corrected chi connectivity index (χ2v) is 21.3. The van der Waals surface area contributed by atoms with E-state index in [0.717, 1.165) is 135 Å². The van der Waals surface area contributed by atoms with Gasteiger partial charge in [0.1, 0.15) is 6.61 Å². The Morgan fingerprint density at radius 3 is 0.964 bits per heavy atom. The highest BCUT2D eigenvalue weighted by Crippen LogP contribution is 2.43. The number of ether oxygens (including phenoxy) is 2. The maximum Gasteiger partial charge on any atom is 0.472 e. The average molecular weight is 1160 g/mol. The summed E-state index contributed by atoms with van der Waals surface area (Å²) >= 11 is 0. The summed E-state index contributed by atoms with van der Waals surface area (Å²) < 4.78 is 33.0. The molecule has 0 amide bonds. The first kappa shape index (κ1) is 77.6. The molecule has 0 aliphatic heterocycles. The molecule has 0 aromatic heterocycles. The van der Waals surface area contributed by atoms with Crippen LogP contribution < -0.4 is 5.73 Å². The van der Waals surface area contributed by atoms with Gasteiger partial charge in [-0.1, -0.05) is 259 Å². The molecule has 0 saturated heterocycles. The van der Waals surface area contributed by atoms with Gasteiger partial charge in [0, 0.05) is 19.4 Å². The Balaban J connectivity index is 4.10. The van der Waals surface area contributed by atoms with Crippen LogP contribution in [0.25, 0.3) is 0 Å². The number of hydrogen-bond acceptors (Lipinski definition) is 8. The van der Waals surface area contributed by atoms with E-state index in [2.05, 4.69) is 214 Å². The predicted octanol–water partition coefficient (Wildman–Crippen LogP) is 20.7. The van der Waals surface area contributed by atoms with E-state index in [1.54, 1.807) is 0 Å². The van der Waals surface area contributed by atoms with Crippen molar-refractivity contribution in [3.8, 4) is 0 Å². The molecule has 2 atom stereocenters. The van der Waals surface area contributed by atoms with Crippen molar-refractivity contribution in [3.05, 3.63) is 207 Å². The zero-order valence-corrected chi connectivity index (χ0v) is 52.5. The predicted molar refractivity (Wildman–Crippen MR) is 357 cm³/mol. The molecule has 0 spiro atoms. The first-order valence-electron chi connectivity index (χ1n) is 31.6. The van der Waals surface area contributed by atoms with Crippen molar-refractivity contribution in [1.29, 1.82) is 0 Å². The minimum absolute atomic E-state index is 0.0324. The smallest absolute Gasteiger partial charge is 0.462 e. The summed E-state index contributed by atoms with van der Waals surface area (Å²) in [6, 6.07) is 0. The molecule has 0 aliphatic carbocycles. The topological polar surface area (TPSA) is 134 Å². The largest absolute Gasteiger partial charge is 0.472 e. The number of nitrogens with two attached hydrogens (primary N) is 1. The number of esters is 2. The standard InChI is InChI=1S/C73H112NO8P/c1-3-5-7-9-11-13-15-17-19-21-23-25-27-28-29-30-31-32-33-34-35-36-37-38-39-40-41-42-44-46-48-50-52-54-56-58-60-62-64-66-73(76)82-71(70-81-83(77,78)80-68-67-74)69-79-72(75)65-63-61-59-57-55-53-51-49-47-45-43-26-24-22-20-18-16-14-12-10-8-6-4-2/h5-8,11-14,17-20,23-26,28-29,31-32,34-35,37-38,40-41,44-47,51,53,57,59,71H,3-4,9-10,15-16,21-22,27,30,33,36,39,42-43,48-50,52,54-56,58,60-70,74H2,1-2H3,(H,77,78)/b7-5-,8-6-,13-11-,14-12-,19-17-,20-18-,25-23-,26-24-,29-28-,32-31-,35-34-,38-37-,41-40-,46-44-,47-45-,53-51-,59-57-. The van der Waals surface area contributed by atoms with Crippen LogP contribution in [0.15, 0.2) is 207 Å². The molecule has 0 aromatic rings. The molecule has 2 unspecified atom stereocenters. The maximum atomic E-state index is 12.7. The van der Waals surface area contributed by atoms with Crippen molar-refractivity contribution in [2.45, 2.75) is 213 Å². The van der Waals surface area contributed by atoms with Gasteiger partial charge >= 0.3 is 19.8 Å². The Labute approximate surface area is 506 Å². The summed E-state index contributed by atoms with van der Waals surface area (Å²) in [5.74, 6) is -0.925. The van der Waals surface area contributed by atoms with E-state index in [4.69, 9.17) is 24.3 Å². The van der Waals surface area contributed by atoms with Gasteiger partial charge < -0.3 is 20.1 Å². The number of phosphoric acid groups is 1. The van der Waals surface area contributed by atoms with E-state index in [1.165, 1.54) is 25.7 Å². The van der Waals surface area contributed by atoms with Gasteiger partial charge in [-0.3, -0.25) is 18.6 Å². The molecule has 83 heavy (non-hydrogen) atoms. The lowest BCUT2D eigenvalue weighted by atomic mass is 10.1. The Hall–Kier alpha value is -5.41. The Morgan fingerprint density at radius 1 is 0.361 bits per heavy atom. The van der Waals surface area contributed by atoms with Gasteiger partial charge in [0.05, 0.1) is 13.2 Å². The fourth-order valence-corrected chi connectivity index (χ4v) is 8.36. The average Bonchev–Trinajstić information content (AvgIpc) is 3.48. The van der Waals surface area contributed by atoms with Crippen LogP contribution in [0.5, 0.6) is 0 Å². The molecule has 0 rings (SSSR count). The molecular weight excluding hydrogens is 1050 g/mol. The number of unbranched alkanes of at least 4 members (excludes halogenated alkanes) is 9. The zero-order chi connectivity index (χ0) is 60.1. The summed E-state index contributed by atoms with van der Waals surface area (Å²) in [4.78, 5) is 35.2. The highest BCUT2D eigenvalue weighted by molar-refractivity contribution is 7.47. The van der Waals surface area contributed by atoms with E-state index >= 15 is 0 Å². The van der Waals surface area contributed by atoms with Crippen LogP contribution in [-0.4, -0.2) is 49.3 Å². The molecule has 3 N–H and O–H groups in total. The van der Waals surface area contributed by atoms with Gasteiger partial charge in [0.15, 0.2) is 6.10 Å². The second-order valence-electron chi connectivity index (χ2n) is 19.8. The Kier molecular flexibility index (Phi) is 61.5.